The number of nitrogens with one attached hydrogen (secondary N) is 2. The standard InChI is InChI=1S/C19H23N5O3/c25-18(21-8-9-24-10-12-27-13-11-24)16-2-1-3-17(23-16)19(26)22-14-15-4-6-20-7-5-15/h1-7H,8-14H2,(H,21,25)(H,22,26). The number of carbonyl (C=O) groups is 2. The molecule has 8 nitrogen and oxygen atoms in total. The van der Waals surface area contributed by atoms with Crippen LogP contribution >= 0.6 is 0 Å². The number of aromatic nitrogens is 2. The van der Waals surface area contributed by atoms with E-state index in [4.69, 9.17) is 4.74 Å². The normalized spacial score (nSPS) is 14.5. The molecule has 27 heavy (non-hydrogen) atoms. The molecule has 1 aliphatic heterocycles. The fourth-order valence-electron chi connectivity index (χ4n) is 2.70. The van der Waals surface area contributed by atoms with Gasteiger partial charge in [0.2, 0.25) is 0 Å². The van der Waals surface area contributed by atoms with E-state index in [9.17, 15) is 9.59 Å². The highest BCUT2D eigenvalue weighted by molar-refractivity contribution is 5.96. The molecule has 0 aliphatic carbocycles. The number of nitrogens with zero attached hydrogens (tertiary/aromatic N) is 3. The third-order valence-electron chi connectivity index (χ3n) is 4.23. The van der Waals surface area contributed by atoms with Crippen molar-refractivity contribution in [3.8, 4) is 0 Å². The number of hydrogen-bond donors (Lipinski definition) is 2. The molecule has 0 unspecified atom stereocenters. The van der Waals surface area contributed by atoms with Crippen LogP contribution in [0.3, 0.4) is 0 Å². The average molecular weight is 369 g/mol. The summed E-state index contributed by atoms with van der Waals surface area (Å²) in [7, 11) is 0. The van der Waals surface area contributed by atoms with Crippen LogP contribution in [-0.2, 0) is 11.3 Å². The van der Waals surface area contributed by atoms with E-state index in [1.165, 1.54) is 0 Å². The number of morpholine rings is 1. The van der Waals surface area contributed by atoms with Gasteiger partial charge in [0.25, 0.3) is 11.8 Å². The molecular weight excluding hydrogens is 346 g/mol. The fourth-order valence-corrected chi connectivity index (χ4v) is 2.70. The summed E-state index contributed by atoms with van der Waals surface area (Å²) in [6.45, 7) is 4.88. The van der Waals surface area contributed by atoms with Crippen LogP contribution < -0.4 is 10.6 Å². The lowest BCUT2D eigenvalue weighted by molar-refractivity contribution is 0.0383. The quantitative estimate of drug-likeness (QED) is 0.736. The zero-order chi connectivity index (χ0) is 18.9. The number of rotatable bonds is 7. The number of carbonyl (C=O) groups excluding carboxylic acids is 2. The molecule has 142 valence electrons. The minimum atomic E-state index is -0.324. The number of hydrogen-bond acceptors (Lipinski definition) is 6. The molecule has 2 aromatic heterocycles. The predicted octanol–water partition coefficient (Wildman–Crippen LogP) is 0.469. The molecule has 0 bridgehead atoms. The van der Waals surface area contributed by atoms with E-state index in [-0.39, 0.29) is 23.2 Å². The van der Waals surface area contributed by atoms with Crippen LogP contribution in [0.25, 0.3) is 0 Å². The molecule has 0 aromatic carbocycles. The maximum atomic E-state index is 12.3. The monoisotopic (exact) mass is 369 g/mol. The Hall–Kier alpha value is -2.84. The second-order valence-corrected chi connectivity index (χ2v) is 6.16. The fraction of sp³-hybridized carbons (Fsp3) is 0.368. The Bertz CT molecular complexity index is 763. The summed E-state index contributed by atoms with van der Waals surface area (Å²) < 4.78 is 5.30. The summed E-state index contributed by atoms with van der Waals surface area (Å²) in [6.07, 6.45) is 3.34. The van der Waals surface area contributed by atoms with Crippen LogP contribution in [-0.4, -0.2) is 66.1 Å². The molecular formula is C19H23N5O3. The molecule has 0 spiro atoms. The van der Waals surface area contributed by atoms with Gasteiger partial charge in [-0.25, -0.2) is 4.98 Å². The van der Waals surface area contributed by atoms with Crippen molar-refractivity contribution in [2.24, 2.45) is 0 Å². The molecule has 0 saturated carbocycles. The smallest absolute Gasteiger partial charge is 0.270 e. The molecule has 1 aliphatic rings. The Morgan fingerprint density at radius 3 is 2.37 bits per heavy atom. The Morgan fingerprint density at radius 1 is 1.00 bits per heavy atom. The van der Waals surface area contributed by atoms with Crippen LogP contribution in [0.5, 0.6) is 0 Å². The summed E-state index contributed by atoms with van der Waals surface area (Å²) in [6, 6.07) is 8.50. The van der Waals surface area contributed by atoms with Crippen molar-refractivity contribution in [2.45, 2.75) is 6.54 Å². The first-order chi connectivity index (χ1) is 13.2. The maximum absolute atomic E-state index is 12.3. The van der Waals surface area contributed by atoms with Gasteiger partial charge >= 0.3 is 0 Å². The first-order valence-corrected chi connectivity index (χ1v) is 8.95. The molecule has 0 atom stereocenters. The second kappa shape index (κ2) is 9.75. The van der Waals surface area contributed by atoms with Crippen LogP contribution in [0.2, 0.25) is 0 Å². The highest BCUT2D eigenvalue weighted by Crippen LogP contribution is 2.02. The molecule has 3 heterocycles. The molecule has 0 radical (unpaired) electrons. The Balaban J connectivity index is 1.49. The first-order valence-electron chi connectivity index (χ1n) is 8.95. The SMILES string of the molecule is O=C(NCCN1CCOCC1)c1cccc(C(=O)NCc2ccncc2)n1. The lowest BCUT2D eigenvalue weighted by Crippen LogP contribution is -2.41. The molecule has 2 N–H and O–H groups in total. The summed E-state index contributed by atoms with van der Waals surface area (Å²) in [5, 5.41) is 5.64. The van der Waals surface area contributed by atoms with Crippen LogP contribution in [0.4, 0.5) is 0 Å². The van der Waals surface area contributed by atoms with Crippen LogP contribution in [0.15, 0.2) is 42.7 Å². The molecule has 1 saturated heterocycles. The second-order valence-electron chi connectivity index (χ2n) is 6.16. The van der Waals surface area contributed by atoms with Gasteiger partial charge < -0.3 is 15.4 Å². The molecule has 2 amide bonds. The Kier molecular flexibility index (Phi) is 6.84. The Morgan fingerprint density at radius 2 is 1.67 bits per heavy atom. The van der Waals surface area contributed by atoms with Crippen LogP contribution in [0, 0.1) is 0 Å². The van der Waals surface area contributed by atoms with Crippen molar-refractivity contribution in [1.29, 1.82) is 0 Å². The van der Waals surface area contributed by atoms with Crippen molar-refractivity contribution in [2.75, 3.05) is 39.4 Å². The molecule has 8 heteroatoms. The Labute approximate surface area is 158 Å². The van der Waals surface area contributed by atoms with E-state index < -0.39 is 0 Å². The van der Waals surface area contributed by atoms with Gasteiger partial charge in [-0.15, -0.1) is 0 Å². The summed E-state index contributed by atoms with van der Waals surface area (Å²) in [4.78, 5) is 34.9. The van der Waals surface area contributed by atoms with Gasteiger partial charge in [0.15, 0.2) is 0 Å². The summed E-state index contributed by atoms with van der Waals surface area (Å²) in [5.41, 5.74) is 1.38. The highest BCUT2D eigenvalue weighted by Gasteiger charge is 2.13. The highest BCUT2D eigenvalue weighted by atomic mass is 16.5. The largest absolute Gasteiger partial charge is 0.379 e. The van der Waals surface area contributed by atoms with E-state index in [2.05, 4.69) is 25.5 Å². The van der Waals surface area contributed by atoms with Gasteiger partial charge in [0.05, 0.1) is 13.2 Å². The third-order valence-corrected chi connectivity index (χ3v) is 4.23. The number of pyridine rings is 2. The first kappa shape index (κ1) is 18.9. The summed E-state index contributed by atoms with van der Waals surface area (Å²) >= 11 is 0. The van der Waals surface area contributed by atoms with E-state index in [0.717, 1.165) is 38.4 Å². The minimum absolute atomic E-state index is 0.213. The predicted molar refractivity (Wildman–Crippen MR) is 99.2 cm³/mol. The minimum Gasteiger partial charge on any atom is -0.379 e. The molecule has 1 fully saturated rings. The summed E-state index contributed by atoms with van der Waals surface area (Å²) in [5.74, 6) is -0.609. The zero-order valence-electron chi connectivity index (χ0n) is 15.1. The third kappa shape index (κ3) is 5.83. The van der Waals surface area contributed by atoms with E-state index in [1.54, 1.807) is 30.6 Å². The van der Waals surface area contributed by atoms with Crippen LogP contribution in [0.1, 0.15) is 26.5 Å². The van der Waals surface area contributed by atoms with Gasteiger partial charge in [-0.2, -0.15) is 0 Å². The number of amides is 2. The van der Waals surface area contributed by atoms with Gasteiger partial charge in [-0.3, -0.25) is 19.5 Å². The van der Waals surface area contributed by atoms with E-state index in [0.29, 0.717) is 13.1 Å². The molecule has 2 aromatic rings. The lowest BCUT2D eigenvalue weighted by Gasteiger charge is -2.26. The van der Waals surface area contributed by atoms with E-state index >= 15 is 0 Å². The van der Waals surface area contributed by atoms with Crippen molar-refractivity contribution in [1.82, 2.24) is 25.5 Å². The van der Waals surface area contributed by atoms with Crippen molar-refractivity contribution >= 4 is 11.8 Å². The van der Waals surface area contributed by atoms with Crippen molar-refractivity contribution in [3.63, 3.8) is 0 Å². The topological polar surface area (TPSA) is 96.5 Å². The van der Waals surface area contributed by atoms with Gasteiger partial charge in [-0.1, -0.05) is 6.07 Å². The lowest BCUT2D eigenvalue weighted by atomic mass is 10.2. The zero-order valence-corrected chi connectivity index (χ0v) is 15.1. The van der Waals surface area contributed by atoms with E-state index in [1.807, 2.05) is 12.1 Å². The number of ether oxygens (including phenoxy) is 1. The van der Waals surface area contributed by atoms with Gasteiger partial charge in [-0.05, 0) is 29.8 Å². The van der Waals surface area contributed by atoms with Gasteiger partial charge in [0.1, 0.15) is 11.4 Å². The van der Waals surface area contributed by atoms with Crippen molar-refractivity contribution < 1.29 is 14.3 Å². The van der Waals surface area contributed by atoms with Crippen molar-refractivity contribution in [3.05, 3.63) is 59.7 Å². The molecule has 3 rings (SSSR count). The van der Waals surface area contributed by atoms with Gasteiger partial charge in [0, 0.05) is 45.1 Å². The average Bonchev–Trinajstić information content (AvgIpc) is 2.73. The maximum Gasteiger partial charge on any atom is 0.270 e.